The van der Waals surface area contributed by atoms with Gasteiger partial charge in [-0.05, 0) is 31.4 Å². The fourth-order valence-electron chi connectivity index (χ4n) is 2.09. The molecule has 0 radical (unpaired) electrons. The maximum absolute atomic E-state index is 6.25. The van der Waals surface area contributed by atoms with Crippen LogP contribution in [0, 0.1) is 6.92 Å². The van der Waals surface area contributed by atoms with Crippen LogP contribution in [0.3, 0.4) is 0 Å². The molecule has 82 valence electrons. The van der Waals surface area contributed by atoms with Gasteiger partial charge in [-0.1, -0.05) is 18.9 Å². The molecular formula is C12H19N3. The first kappa shape index (κ1) is 10.4. The molecule has 1 saturated carbocycles. The molecule has 1 aliphatic carbocycles. The first-order chi connectivity index (χ1) is 7.18. The van der Waals surface area contributed by atoms with Crippen molar-refractivity contribution < 1.29 is 0 Å². The van der Waals surface area contributed by atoms with Crippen molar-refractivity contribution in [1.82, 2.24) is 4.98 Å². The quantitative estimate of drug-likeness (QED) is 0.794. The molecule has 0 atom stereocenters. The predicted molar refractivity (Wildman–Crippen MR) is 62.9 cm³/mol. The van der Waals surface area contributed by atoms with Crippen LogP contribution < -0.4 is 11.1 Å². The molecule has 3 nitrogen and oxygen atoms in total. The summed E-state index contributed by atoms with van der Waals surface area (Å²) in [5.74, 6) is 0.928. The molecule has 3 heteroatoms. The van der Waals surface area contributed by atoms with Gasteiger partial charge in [0.05, 0.1) is 0 Å². The summed E-state index contributed by atoms with van der Waals surface area (Å²) >= 11 is 0. The minimum Gasteiger partial charge on any atom is -0.368 e. The first-order valence-corrected chi connectivity index (χ1v) is 5.63. The van der Waals surface area contributed by atoms with Crippen LogP contribution in [0.15, 0.2) is 18.3 Å². The molecule has 3 N–H and O–H groups in total. The van der Waals surface area contributed by atoms with Crippen molar-refractivity contribution in [3.8, 4) is 0 Å². The molecule has 2 rings (SSSR count). The standard InChI is InChI=1S/C12H19N3/c1-10-4-5-11(14-8-10)15-9-12(13)6-2-3-7-12/h4-5,8H,2-3,6-7,9,13H2,1H3,(H,14,15). The van der Waals surface area contributed by atoms with Crippen molar-refractivity contribution in [2.75, 3.05) is 11.9 Å². The molecule has 1 aromatic rings. The van der Waals surface area contributed by atoms with Gasteiger partial charge in [0.1, 0.15) is 5.82 Å². The van der Waals surface area contributed by atoms with Crippen molar-refractivity contribution >= 4 is 5.82 Å². The van der Waals surface area contributed by atoms with Gasteiger partial charge >= 0.3 is 0 Å². The number of nitrogens with zero attached hydrogens (tertiary/aromatic N) is 1. The molecule has 1 heterocycles. The molecule has 1 fully saturated rings. The van der Waals surface area contributed by atoms with E-state index in [1.165, 1.54) is 18.4 Å². The summed E-state index contributed by atoms with van der Waals surface area (Å²) in [6.07, 6.45) is 6.66. The van der Waals surface area contributed by atoms with Crippen LogP contribution in [-0.2, 0) is 0 Å². The third-order valence-electron chi connectivity index (χ3n) is 3.13. The lowest BCUT2D eigenvalue weighted by Crippen LogP contribution is -2.43. The molecular weight excluding hydrogens is 186 g/mol. The second kappa shape index (κ2) is 4.19. The number of rotatable bonds is 3. The molecule has 0 unspecified atom stereocenters. The SMILES string of the molecule is Cc1ccc(NCC2(N)CCCC2)nc1. The van der Waals surface area contributed by atoms with Gasteiger partial charge in [0, 0.05) is 18.3 Å². The largest absolute Gasteiger partial charge is 0.368 e. The molecule has 0 spiro atoms. The Morgan fingerprint density at radius 2 is 2.13 bits per heavy atom. The third kappa shape index (κ3) is 2.69. The number of hydrogen-bond donors (Lipinski definition) is 2. The van der Waals surface area contributed by atoms with Gasteiger partial charge in [-0.3, -0.25) is 0 Å². The smallest absolute Gasteiger partial charge is 0.125 e. The maximum Gasteiger partial charge on any atom is 0.125 e. The van der Waals surface area contributed by atoms with E-state index >= 15 is 0 Å². The predicted octanol–water partition coefficient (Wildman–Crippen LogP) is 2.07. The van der Waals surface area contributed by atoms with E-state index in [4.69, 9.17) is 5.73 Å². The second-order valence-corrected chi connectivity index (χ2v) is 4.64. The topological polar surface area (TPSA) is 50.9 Å². The summed E-state index contributed by atoms with van der Waals surface area (Å²) in [5.41, 5.74) is 7.42. The van der Waals surface area contributed by atoms with Crippen molar-refractivity contribution in [1.29, 1.82) is 0 Å². The van der Waals surface area contributed by atoms with E-state index in [1.807, 2.05) is 19.2 Å². The summed E-state index contributed by atoms with van der Waals surface area (Å²) in [6, 6.07) is 4.07. The summed E-state index contributed by atoms with van der Waals surface area (Å²) in [6.45, 7) is 2.88. The highest BCUT2D eigenvalue weighted by Crippen LogP contribution is 2.27. The van der Waals surface area contributed by atoms with Crippen LogP contribution in [0.5, 0.6) is 0 Å². The molecule has 0 bridgehead atoms. The fraction of sp³-hybridized carbons (Fsp3) is 0.583. The zero-order valence-corrected chi connectivity index (χ0v) is 9.29. The molecule has 1 aromatic heterocycles. The van der Waals surface area contributed by atoms with Gasteiger partial charge in [0.15, 0.2) is 0 Å². The van der Waals surface area contributed by atoms with E-state index in [0.29, 0.717) is 0 Å². The Morgan fingerprint density at radius 3 is 2.73 bits per heavy atom. The van der Waals surface area contributed by atoms with Crippen molar-refractivity contribution in [3.63, 3.8) is 0 Å². The third-order valence-corrected chi connectivity index (χ3v) is 3.13. The average molecular weight is 205 g/mol. The van der Waals surface area contributed by atoms with Gasteiger partial charge in [-0.25, -0.2) is 4.98 Å². The zero-order chi connectivity index (χ0) is 10.7. The Kier molecular flexibility index (Phi) is 2.91. The van der Waals surface area contributed by atoms with Gasteiger partial charge in [0.2, 0.25) is 0 Å². The van der Waals surface area contributed by atoms with Crippen molar-refractivity contribution in [2.45, 2.75) is 38.1 Å². The Balaban J connectivity index is 1.90. The van der Waals surface area contributed by atoms with Crippen LogP contribution in [0.1, 0.15) is 31.2 Å². The highest BCUT2D eigenvalue weighted by atomic mass is 15.0. The Morgan fingerprint density at radius 1 is 1.40 bits per heavy atom. The van der Waals surface area contributed by atoms with Crippen LogP contribution in [-0.4, -0.2) is 17.1 Å². The van der Waals surface area contributed by atoms with Crippen LogP contribution in [0.25, 0.3) is 0 Å². The Labute approximate surface area is 91.1 Å². The lowest BCUT2D eigenvalue weighted by Gasteiger charge is -2.24. The average Bonchev–Trinajstić information content (AvgIpc) is 2.65. The van der Waals surface area contributed by atoms with Crippen molar-refractivity contribution in [3.05, 3.63) is 23.9 Å². The molecule has 0 saturated heterocycles. The number of nitrogens with one attached hydrogen (secondary N) is 1. The normalized spacial score (nSPS) is 19.1. The van der Waals surface area contributed by atoms with E-state index in [1.54, 1.807) is 0 Å². The van der Waals surface area contributed by atoms with E-state index in [2.05, 4.69) is 16.4 Å². The number of anilines is 1. The van der Waals surface area contributed by atoms with Crippen molar-refractivity contribution in [2.24, 2.45) is 5.73 Å². The fourth-order valence-corrected chi connectivity index (χ4v) is 2.09. The Hall–Kier alpha value is -1.09. The lowest BCUT2D eigenvalue weighted by molar-refractivity contribution is 0.463. The zero-order valence-electron chi connectivity index (χ0n) is 9.29. The monoisotopic (exact) mass is 205 g/mol. The molecule has 0 aromatic carbocycles. The van der Waals surface area contributed by atoms with E-state index in [-0.39, 0.29) is 5.54 Å². The van der Waals surface area contributed by atoms with Crippen LogP contribution >= 0.6 is 0 Å². The maximum atomic E-state index is 6.25. The summed E-state index contributed by atoms with van der Waals surface area (Å²) < 4.78 is 0. The summed E-state index contributed by atoms with van der Waals surface area (Å²) in [4.78, 5) is 4.30. The van der Waals surface area contributed by atoms with Crippen LogP contribution in [0.4, 0.5) is 5.82 Å². The van der Waals surface area contributed by atoms with Gasteiger partial charge in [-0.15, -0.1) is 0 Å². The molecule has 0 aliphatic heterocycles. The Bertz CT molecular complexity index is 312. The van der Waals surface area contributed by atoms with Gasteiger partial charge in [0.25, 0.3) is 0 Å². The number of nitrogens with two attached hydrogens (primary N) is 1. The molecule has 1 aliphatic rings. The number of aromatic nitrogens is 1. The number of pyridine rings is 1. The minimum atomic E-state index is -0.00737. The lowest BCUT2D eigenvalue weighted by atomic mass is 9.99. The number of hydrogen-bond acceptors (Lipinski definition) is 3. The second-order valence-electron chi connectivity index (χ2n) is 4.64. The summed E-state index contributed by atoms with van der Waals surface area (Å²) in [5, 5.41) is 3.32. The number of aryl methyl sites for hydroxylation is 1. The van der Waals surface area contributed by atoms with E-state index in [9.17, 15) is 0 Å². The first-order valence-electron chi connectivity index (χ1n) is 5.63. The van der Waals surface area contributed by atoms with Gasteiger partial charge < -0.3 is 11.1 Å². The highest BCUT2D eigenvalue weighted by Gasteiger charge is 2.28. The summed E-state index contributed by atoms with van der Waals surface area (Å²) in [7, 11) is 0. The molecule has 0 amide bonds. The highest BCUT2D eigenvalue weighted by molar-refractivity contribution is 5.35. The molecule has 15 heavy (non-hydrogen) atoms. The van der Waals surface area contributed by atoms with E-state index in [0.717, 1.165) is 25.2 Å². The van der Waals surface area contributed by atoms with E-state index < -0.39 is 0 Å². The van der Waals surface area contributed by atoms with Gasteiger partial charge in [-0.2, -0.15) is 0 Å². The minimum absolute atomic E-state index is 0.00737. The van der Waals surface area contributed by atoms with Crippen LogP contribution in [0.2, 0.25) is 0 Å².